The van der Waals surface area contributed by atoms with Gasteiger partial charge in [-0.05, 0) is 63.9 Å². The summed E-state index contributed by atoms with van der Waals surface area (Å²) in [4.78, 5) is 3.45. The lowest BCUT2D eigenvalue weighted by Crippen LogP contribution is -2.27. The number of hydrogen-bond donors (Lipinski definition) is 1. The first-order chi connectivity index (χ1) is 10.0. The predicted molar refractivity (Wildman–Crippen MR) is 96.0 cm³/mol. The Kier molecular flexibility index (Phi) is 6.43. The molecule has 0 fully saturated rings. The molecule has 2 rings (SSSR count). The molecule has 7 heteroatoms. The van der Waals surface area contributed by atoms with Gasteiger partial charge in [-0.15, -0.1) is 11.3 Å². The SMILES string of the molecule is CCNC(c1sccc1Br)c1c(Br)cnn1CCN(C)C. The van der Waals surface area contributed by atoms with Crippen LogP contribution in [-0.2, 0) is 6.54 Å². The Morgan fingerprint density at radius 2 is 2.14 bits per heavy atom. The van der Waals surface area contributed by atoms with Crippen molar-refractivity contribution in [3.05, 3.63) is 37.2 Å². The zero-order chi connectivity index (χ0) is 15.4. The second-order valence-electron chi connectivity index (χ2n) is 5.03. The summed E-state index contributed by atoms with van der Waals surface area (Å²) < 4.78 is 4.28. The van der Waals surface area contributed by atoms with E-state index in [0.29, 0.717) is 0 Å². The lowest BCUT2D eigenvalue weighted by Gasteiger charge is -2.20. The molecular weight excluding hydrogens is 416 g/mol. The Hall–Kier alpha value is -0.210. The van der Waals surface area contributed by atoms with Crippen LogP contribution >= 0.6 is 43.2 Å². The standard InChI is InChI=1S/C14H20Br2N4S/c1-4-17-12(14-10(15)5-8-21-14)13-11(16)9-18-20(13)7-6-19(2)3/h5,8-9,12,17H,4,6-7H2,1-3H3. The molecule has 0 saturated carbocycles. The van der Waals surface area contributed by atoms with Gasteiger partial charge in [0.2, 0.25) is 0 Å². The quantitative estimate of drug-likeness (QED) is 0.719. The number of aromatic nitrogens is 2. The Morgan fingerprint density at radius 1 is 1.38 bits per heavy atom. The van der Waals surface area contributed by atoms with Gasteiger partial charge in [-0.1, -0.05) is 6.92 Å². The highest BCUT2D eigenvalue weighted by molar-refractivity contribution is 9.10. The third-order valence-corrected chi connectivity index (χ3v) is 5.73. The smallest absolute Gasteiger partial charge is 0.0864 e. The van der Waals surface area contributed by atoms with E-state index in [1.165, 1.54) is 10.6 Å². The van der Waals surface area contributed by atoms with Gasteiger partial charge in [-0.2, -0.15) is 5.10 Å². The van der Waals surface area contributed by atoms with Crippen LogP contribution in [0.1, 0.15) is 23.5 Å². The van der Waals surface area contributed by atoms with Gasteiger partial charge in [0.15, 0.2) is 0 Å². The van der Waals surface area contributed by atoms with E-state index in [1.807, 2.05) is 6.20 Å². The van der Waals surface area contributed by atoms with Crippen molar-refractivity contribution in [2.24, 2.45) is 0 Å². The van der Waals surface area contributed by atoms with Gasteiger partial charge in [0.25, 0.3) is 0 Å². The molecule has 0 aliphatic rings. The molecule has 0 aliphatic heterocycles. The first-order valence-electron chi connectivity index (χ1n) is 6.86. The number of nitrogens with one attached hydrogen (secondary N) is 1. The molecule has 21 heavy (non-hydrogen) atoms. The third-order valence-electron chi connectivity index (χ3n) is 3.18. The van der Waals surface area contributed by atoms with Crippen LogP contribution < -0.4 is 5.32 Å². The topological polar surface area (TPSA) is 33.1 Å². The second-order valence-corrected chi connectivity index (χ2v) is 7.68. The van der Waals surface area contributed by atoms with E-state index in [2.05, 4.69) is 84.3 Å². The van der Waals surface area contributed by atoms with Crippen LogP contribution in [0.3, 0.4) is 0 Å². The molecule has 0 saturated heterocycles. The first-order valence-corrected chi connectivity index (χ1v) is 9.33. The van der Waals surface area contributed by atoms with Crippen LogP contribution in [0.25, 0.3) is 0 Å². The molecular formula is C14H20Br2N4S. The molecule has 1 unspecified atom stereocenters. The molecule has 4 nitrogen and oxygen atoms in total. The molecule has 0 radical (unpaired) electrons. The highest BCUT2D eigenvalue weighted by Gasteiger charge is 2.24. The Morgan fingerprint density at radius 3 is 2.71 bits per heavy atom. The van der Waals surface area contributed by atoms with Crippen molar-refractivity contribution in [1.29, 1.82) is 0 Å². The first kappa shape index (κ1) is 17.1. The molecule has 1 N–H and O–H groups in total. The van der Waals surface area contributed by atoms with Crippen LogP contribution in [-0.4, -0.2) is 41.9 Å². The summed E-state index contributed by atoms with van der Waals surface area (Å²) in [5, 5.41) is 10.2. The van der Waals surface area contributed by atoms with Gasteiger partial charge in [0.05, 0.1) is 29.0 Å². The highest BCUT2D eigenvalue weighted by atomic mass is 79.9. The van der Waals surface area contributed by atoms with E-state index in [4.69, 9.17) is 0 Å². The maximum atomic E-state index is 4.52. The number of hydrogen-bond acceptors (Lipinski definition) is 4. The summed E-state index contributed by atoms with van der Waals surface area (Å²) in [5.41, 5.74) is 1.18. The van der Waals surface area contributed by atoms with Crippen molar-refractivity contribution >= 4 is 43.2 Å². The Labute approximate surface area is 146 Å². The molecule has 1 atom stereocenters. The van der Waals surface area contributed by atoms with Gasteiger partial charge in [-0.25, -0.2) is 0 Å². The number of thiophene rings is 1. The second kappa shape index (κ2) is 7.87. The van der Waals surface area contributed by atoms with Crippen molar-refractivity contribution in [3.8, 4) is 0 Å². The van der Waals surface area contributed by atoms with Gasteiger partial charge in [0.1, 0.15) is 0 Å². The molecule has 0 bridgehead atoms. The summed E-state index contributed by atoms with van der Waals surface area (Å²) in [6.07, 6.45) is 1.89. The fourth-order valence-electron chi connectivity index (χ4n) is 2.16. The van der Waals surface area contributed by atoms with Crippen molar-refractivity contribution in [2.75, 3.05) is 27.2 Å². The zero-order valence-electron chi connectivity index (χ0n) is 12.4. The summed E-state index contributed by atoms with van der Waals surface area (Å²) >= 11 is 9.06. The van der Waals surface area contributed by atoms with Crippen LogP contribution in [0.4, 0.5) is 0 Å². The minimum Gasteiger partial charge on any atom is -0.308 e. The molecule has 0 amide bonds. The van der Waals surface area contributed by atoms with Gasteiger partial charge < -0.3 is 10.2 Å². The number of nitrogens with zero attached hydrogens (tertiary/aromatic N) is 3. The van der Waals surface area contributed by atoms with Gasteiger partial charge in [-0.3, -0.25) is 4.68 Å². The number of likely N-dealkylation sites (N-methyl/N-ethyl adjacent to an activating group) is 1. The normalized spacial score (nSPS) is 13.0. The van der Waals surface area contributed by atoms with E-state index in [9.17, 15) is 0 Å². The minimum absolute atomic E-state index is 0.142. The van der Waals surface area contributed by atoms with Crippen molar-refractivity contribution in [3.63, 3.8) is 0 Å². The Balaban J connectivity index is 2.36. The monoisotopic (exact) mass is 434 g/mol. The van der Waals surface area contributed by atoms with E-state index < -0.39 is 0 Å². The Bertz CT molecular complexity index is 579. The molecule has 116 valence electrons. The molecule has 0 aliphatic carbocycles. The maximum Gasteiger partial charge on any atom is 0.0864 e. The lowest BCUT2D eigenvalue weighted by atomic mass is 10.1. The minimum atomic E-state index is 0.142. The van der Waals surface area contributed by atoms with Crippen LogP contribution in [0.5, 0.6) is 0 Å². The van der Waals surface area contributed by atoms with E-state index in [1.54, 1.807) is 11.3 Å². The highest BCUT2D eigenvalue weighted by Crippen LogP contribution is 2.36. The van der Waals surface area contributed by atoms with Crippen molar-refractivity contribution < 1.29 is 0 Å². The van der Waals surface area contributed by atoms with Crippen LogP contribution in [0.2, 0.25) is 0 Å². The summed E-state index contributed by atoms with van der Waals surface area (Å²) in [7, 11) is 4.16. The van der Waals surface area contributed by atoms with Crippen LogP contribution in [0.15, 0.2) is 26.6 Å². The predicted octanol–water partition coefficient (Wildman–Crippen LogP) is 3.73. The largest absolute Gasteiger partial charge is 0.308 e. The van der Waals surface area contributed by atoms with E-state index in [-0.39, 0.29) is 6.04 Å². The molecule has 0 aromatic carbocycles. The van der Waals surface area contributed by atoms with Crippen molar-refractivity contribution in [1.82, 2.24) is 20.0 Å². The average Bonchev–Trinajstić information content (AvgIpc) is 3.00. The van der Waals surface area contributed by atoms with Crippen LogP contribution in [0, 0.1) is 0 Å². The fraction of sp³-hybridized carbons (Fsp3) is 0.500. The molecule has 2 aromatic rings. The fourth-order valence-corrected chi connectivity index (χ4v) is 4.36. The maximum absolute atomic E-state index is 4.52. The summed E-state index contributed by atoms with van der Waals surface area (Å²) in [5.74, 6) is 0. The van der Waals surface area contributed by atoms with E-state index >= 15 is 0 Å². The summed E-state index contributed by atoms with van der Waals surface area (Å²) in [6.45, 7) is 4.87. The number of rotatable bonds is 7. The van der Waals surface area contributed by atoms with Crippen molar-refractivity contribution in [2.45, 2.75) is 19.5 Å². The van der Waals surface area contributed by atoms with Gasteiger partial charge >= 0.3 is 0 Å². The molecule has 2 heterocycles. The molecule has 2 aromatic heterocycles. The lowest BCUT2D eigenvalue weighted by molar-refractivity contribution is 0.365. The molecule has 0 spiro atoms. The number of halogens is 2. The third kappa shape index (κ3) is 4.16. The van der Waals surface area contributed by atoms with Gasteiger partial charge in [0, 0.05) is 15.9 Å². The summed E-state index contributed by atoms with van der Waals surface area (Å²) in [6, 6.07) is 2.24. The van der Waals surface area contributed by atoms with E-state index in [0.717, 1.165) is 28.6 Å². The zero-order valence-corrected chi connectivity index (χ0v) is 16.4. The average molecular weight is 436 g/mol.